The van der Waals surface area contributed by atoms with Crippen molar-refractivity contribution in [2.24, 2.45) is 0 Å². The maximum Gasteiger partial charge on any atom is 0.224 e. The lowest BCUT2D eigenvalue weighted by molar-refractivity contribution is 0.630. The van der Waals surface area contributed by atoms with Crippen LogP contribution in [-0.2, 0) is 0 Å². The maximum atomic E-state index is 13.8. The number of hydrogen-bond donors (Lipinski definition) is 0. The van der Waals surface area contributed by atoms with Gasteiger partial charge in [0.25, 0.3) is 0 Å². The summed E-state index contributed by atoms with van der Waals surface area (Å²) in [6, 6.07) is 10.6. The summed E-state index contributed by atoms with van der Waals surface area (Å²) in [6.07, 6.45) is 0. The Labute approximate surface area is 150 Å². The van der Waals surface area contributed by atoms with Crippen molar-refractivity contribution in [2.45, 2.75) is 0 Å². The Kier molecular flexibility index (Phi) is 4.38. The topological polar surface area (TPSA) is 29.0 Å². The monoisotopic (exact) mass is 447 g/mol. The van der Waals surface area contributed by atoms with Crippen LogP contribution in [0.15, 0.2) is 36.4 Å². The third-order valence-electron chi connectivity index (χ3n) is 3.20. The average Bonchev–Trinajstić information content (AvgIpc) is 2.47. The summed E-state index contributed by atoms with van der Waals surface area (Å²) in [5.41, 5.74) is 1.41. The Morgan fingerprint density at radius 2 is 1.91 bits per heavy atom. The number of nitrogens with zero attached hydrogens (tertiary/aromatic N) is 3. The van der Waals surface area contributed by atoms with E-state index in [0.717, 1.165) is 9.26 Å². The molecule has 0 radical (unpaired) electrons. The second kappa shape index (κ2) is 6.14. The van der Waals surface area contributed by atoms with Gasteiger partial charge >= 0.3 is 0 Å². The van der Waals surface area contributed by atoms with Crippen molar-refractivity contribution < 1.29 is 4.39 Å². The van der Waals surface area contributed by atoms with Crippen molar-refractivity contribution >= 4 is 68.2 Å². The second-order valence-corrected chi connectivity index (χ2v) is 6.63. The number of benzene rings is 2. The van der Waals surface area contributed by atoms with Crippen molar-refractivity contribution in [1.29, 1.82) is 0 Å². The second-order valence-electron chi connectivity index (χ2n) is 4.64. The molecule has 0 atom stereocenters. The van der Waals surface area contributed by atoms with Gasteiger partial charge in [0.1, 0.15) is 11.6 Å². The van der Waals surface area contributed by atoms with Gasteiger partial charge in [0.2, 0.25) is 5.28 Å². The van der Waals surface area contributed by atoms with Gasteiger partial charge in [-0.05, 0) is 64.5 Å². The van der Waals surface area contributed by atoms with E-state index in [4.69, 9.17) is 23.2 Å². The number of hydrogen-bond acceptors (Lipinski definition) is 3. The lowest BCUT2D eigenvalue weighted by Gasteiger charge is -2.20. The van der Waals surface area contributed by atoms with E-state index in [-0.39, 0.29) is 10.3 Å². The summed E-state index contributed by atoms with van der Waals surface area (Å²) in [4.78, 5) is 10.2. The zero-order valence-electron chi connectivity index (χ0n) is 11.3. The Morgan fingerprint density at radius 3 is 2.64 bits per heavy atom. The minimum atomic E-state index is -0.516. The lowest BCUT2D eigenvalue weighted by atomic mass is 10.2. The zero-order chi connectivity index (χ0) is 15.9. The number of anilines is 2. The molecule has 3 rings (SSSR count). The van der Waals surface area contributed by atoms with E-state index in [1.165, 1.54) is 12.1 Å². The van der Waals surface area contributed by atoms with Crippen molar-refractivity contribution in [3.05, 3.63) is 56.1 Å². The molecule has 3 aromatic rings. The van der Waals surface area contributed by atoms with Crippen LogP contribution in [0.5, 0.6) is 0 Å². The number of fused-ring (bicyclic) bond motifs is 1. The van der Waals surface area contributed by atoms with Crippen molar-refractivity contribution in [1.82, 2.24) is 9.97 Å². The molecule has 0 fully saturated rings. The lowest BCUT2D eigenvalue weighted by Crippen LogP contribution is -2.12. The summed E-state index contributed by atoms with van der Waals surface area (Å²) in [5.74, 6) is 0.00458. The molecule has 1 heterocycles. The average molecular weight is 448 g/mol. The smallest absolute Gasteiger partial charge is 0.224 e. The summed E-state index contributed by atoms with van der Waals surface area (Å²) in [5, 5.41) is 0.639. The van der Waals surface area contributed by atoms with Gasteiger partial charge in [-0.25, -0.2) is 9.37 Å². The van der Waals surface area contributed by atoms with E-state index >= 15 is 0 Å². The van der Waals surface area contributed by atoms with Gasteiger partial charge in [0.15, 0.2) is 0 Å². The number of aromatic nitrogens is 2. The highest BCUT2D eigenvalue weighted by atomic mass is 127. The molecule has 112 valence electrons. The first-order valence-corrected chi connectivity index (χ1v) is 8.11. The molecule has 3 nitrogen and oxygen atoms in total. The highest BCUT2D eigenvalue weighted by Gasteiger charge is 2.15. The SMILES string of the molecule is CN(c1cccc(I)c1)c1nc(Cl)nc2cc(Cl)c(F)cc12. The quantitative estimate of drug-likeness (QED) is 0.386. The van der Waals surface area contributed by atoms with Crippen LogP contribution in [0.4, 0.5) is 15.9 Å². The third kappa shape index (κ3) is 2.98. The van der Waals surface area contributed by atoms with Crippen LogP contribution in [0.3, 0.4) is 0 Å². The van der Waals surface area contributed by atoms with E-state index in [1.54, 1.807) is 0 Å². The van der Waals surface area contributed by atoms with Crippen molar-refractivity contribution in [2.75, 3.05) is 11.9 Å². The molecule has 0 unspecified atom stereocenters. The predicted molar refractivity (Wildman–Crippen MR) is 96.7 cm³/mol. The molecular formula is C15H9Cl2FIN3. The summed E-state index contributed by atoms with van der Waals surface area (Å²) >= 11 is 14.0. The zero-order valence-corrected chi connectivity index (χ0v) is 15.0. The van der Waals surface area contributed by atoms with Gasteiger partial charge in [0.05, 0.1) is 10.5 Å². The Bertz CT molecular complexity index is 873. The molecule has 2 aromatic carbocycles. The molecule has 0 aliphatic rings. The van der Waals surface area contributed by atoms with Crippen molar-refractivity contribution in [3.8, 4) is 0 Å². The van der Waals surface area contributed by atoms with E-state index in [1.807, 2.05) is 36.2 Å². The highest BCUT2D eigenvalue weighted by Crippen LogP contribution is 2.32. The van der Waals surface area contributed by atoms with E-state index in [0.29, 0.717) is 16.7 Å². The maximum absolute atomic E-state index is 13.8. The normalized spacial score (nSPS) is 11.0. The number of rotatable bonds is 2. The first-order valence-electron chi connectivity index (χ1n) is 6.27. The Hall–Kier alpha value is -1.18. The summed E-state index contributed by atoms with van der Waals surface area (Å²) in [7, 11) is 1.84. The number of halogens is 4. The molecule has 0 N–H and O–H groups in total. The molecule has 0 aliphatic heterocycles. The molecule has 0 aliphatic carbocycles. The minimum Gasteiger partial charge on any atom is -0.329 e. The van der Waals surface area contributed by atoms with Gasteiger partial charge in [-0.3, -0.25) is 0 Å². The fraction of sp³-hybridized carbons (Fsp3) is 0.0667. The molecule has 0 amide bonds. The molecule has 22 heavy (non-hydrogen) atoms. The van der Waals surface area contributed by atoms with Crippen LogP contribution in [-0.4, -0.2) is 17.0 Å². The van der Waals surface area contributed by atoms with Crippen LogP contribution >= 0.6 is 45.8 Å². The molecule has 0 bridgehead atoms. The molecule has 1 aromatic heterocycles. The van der Waals surface area contributed by atoms with Gasteiger partial charge in [-0.2, -0.15) is 4.98 Å². The van der Waals surface area contributed by atoms with Crippen LogP contribution in [0.25, 0.3) is 10.9 Å². The van der Waals surface area contributed by atoms with Gasteiger partial charge in [-0.1, -0.05) is 17.7 Å². The van der Waals surface area contributed by atoms with Crippen LogP contribution in [0, 0.1) is 9.39 Å². The molecule has 0 saturated heterocycles. The van der Waals surface area contributed by atoms with Gasteiger partial charge in [0, 0.05) is 21.7 Å². The van der Waals surface area contributed by atoms with Crippen molar-refractivity contribution in [3.63, 3.8) is 0 Å². The molecular weight excluding hydrogens is 439 g/mol. The summed E-state index contributed by atoms with van der Waals surface area (Å²) in [6.45, 7) is 0. The predicted octanol–water partition coefficient (Wildman–Crippen LogP) is 5.45. The molecule has 0 saturated carbocycles. The standard InChI is InChI=1S/C15H9Cl2FIN3/c1-22(9-4-2-3-8(19)5-9)14-10-6-12(18)11(16)7-13(10)20-15(17)21-14/h2-7H,1H3. The fourth-order valence-corrected chi connectivity index (χ4v) is 3.00. The summed E-state index contributed by atoms with van der Waals surface area (Å²) < 4.78 is 14.9. The van der Waals surface area contributed by atoms with E-state index in [9.17, 15) is 4.39 Å². The van der Waals surface area contributed by atoms with E-state index in [2.05, 4.69) is 32.6 Å². The van der Waals surface area contributed by atoms with Crippen LogP contribution < -0.4 is 4.90 Å². The third-order valence-corrected chi connectivity index (χ3v) is 4.33. The minimum absolute atomic E-state index is 0.00475. The molecule has 7 heteroatoms. The van der Waals surface area contributed by atoms with Crippen LogP contribution in [0.1, 0.15) is 0 Å². The Morgan fingerprint density at radius 1 is 1.14 bits per heavy atom. The largest absolute Gasteiger partial charge is 0.329 e. The van der Waals surface area contributed by atoms with E-state index < -0.39 is 5.82 Å². The highest BCUT2D eigenvalue weighted by molar-refractivity contribution is 14.1. The van der Waals surface area contributed by atoms with Crippen LogP contribution in [0.2, 0.25) is 10.3 Å². The Balaban J connectivity index is 2.23. The van der Waals surface area contributed by atoms with Gasteiger partial charge < -0.3 is 4.90 Å². The first-order chi connectivity index (χ1) is 10.5. The molecule has 0 spiro atoms. The van der Waals surface area contributed by atoms with Gasteiger partial charge in [-0.15, -0.1) is 0 Å². The fourth-order valence-electron chi connectivity index (χ4n) is 2.14. The first kappa shape index (κ1) is 15.7.